The summed E-state index contributed by atoms with van der Waals surface area (Å²) in [6.07, 6.45) is 10.3. The summed E-state index contributed by atoms with van der Waals surface area (Å²) < 4.78 is 4.82. The minimum Gasteiger partial charge on any atom is -0.465 e. The van der Waals surface area contributed by atoms with Gasteiger partial charge < -0.3 is 26.2 Å². The fraction of sp³-hybridized carbons (Fsp3) is 0.630. The molecule has 0 spiro atoms. The third-order valence-corrected chi connectivity index (χ3v) is 16.9. The molecule has 0 aromatic heterocycles. The summed E-state index contributed by atoms with van der Waals surface area (Å²) in [5, 5.41) is 17.3. The SMILES string of the molecule is C=C(C)[C@@H]1CC[C@]2(C(=O)NCc3cccc(C(=O)Nc4cc(C(=O)OC)ccc4N)c3)CC[C@]3(C)C(CCC4[C@@]5(C)CC[C@H](O)C(C)(C)C5CC[C@]43C)C12. The number of nitrogens with one attached hydrogen (secondary N) is 2. The van der Waals surface area contributed by atoms with Crippen LogP contribution in [0.5, 0.6) is 0 Å². The average molecular weight is 738 g/mol. The number of carbonyl (C=O) groups is 3. The molecule has 5 N–H and O–H groups in total. The van der Waals surface area contributed by atoms with Gasteiger partial charge in [-0.2, -0.15) is 0 Å². The molecule has 2 aromatic carbocycles. The van der Waals surface area contributed by atoms with E-state index in [2.05, 4.69) is 58.8 Å². The number of methoxy groups -OCH3 is 1. The highest BCUT2D eigenvalue weighted by molar-refractivity contribution is 6.06. The van der Waals surface area contributed by atoms with Crippen LogP contribution in [0.2, 0.25) is 0 Å². The molecular formula is C46H63N3O5. The molecule has 5 fully saturated rings. The van der Waals surface area contributed by atoms with Crippen molar-refractivity contribution in [2.75, 3.05) is 18.2 Å². The van der Waals surface area contributed by atoms with Gasteiger partial charge in [-0.3, -0.25) is 9.59 Å². The lowest BCUT2D eigenvalue weighted by molar-refractivity contribution is -0.246. The van der Waals surface area contributed by atoms with Gasteiger partial charge in [-0.25, -0.2) is 4.79 Å². The molecule has 5 aliphatic carbocycles. The van der Waals surface area contributed by atoms with Crippen LogP contribution < -0.4 is 16.4 Å². The van der Waals surface area contributed by atoms with Gasteiger partial charge in [-0.15, -0.1) is 0 Å². The Labute approximate surface area is 322 Å². The van der Waals surface area contributed by atoms with E-state index in [-0.39, 0.29) is 51.1 Å². The van der Waals surface area contributed by atoms with Crippen LogP contribution in [0.15, 0.2) is 54.6 Å². The molecule has 2 aromatic rings. The Hall–Kier alpha value is -3.65. The molecule has 0 saturated heterocycles. The number of nitrogens with two attached hydrogens (primary N) is 1. The third kappa shape index (κ3) is 5.75. The summed E-state index contributed by atoms with van der Waals surface area (Å²) in [5.74, 6) is 1.43. The summed E-state index contributed by atoms with van der Waals surface area (Å²) >= 11 is 0. The maximum absolute atomic E-state index is 14.7. The molecule has 8 nitrogen and oxygen atoms in total. The van der Waals surface area contributed by atoms with Crippen LogP contribution >= 0.6 is 0 Å². The number of nitrogen functional groups attached to an aromatic ring is 1. The Bertz CT molecular complexity index is 1850. The number of allylic oxidation sites excluding steroid dienone is 1. The van der Waals surface area contributed by atoms with Gasteiger partial charge in [-0.05, 0) is 158 Å². The van der Waals surface area contributed by atoms with E-state index in [1.807, 2.05) is 12.1 Å². The lowest BCUT2D eigenvalue weighted by atomic mass is 9.32. The van der Waals surface area contributed by atoms with Gasteiger partial charge in [0.05, 0.1) is 35.6 Å². The Morgan fingerprint density at radius 2 is 1.63 bits per heavy atom. The van der Waals surface area contributed by atoms with Gasteiger partial charge in [-0.1, -0.05) is 58.9 Å². The van der Waals surface area contributed by atoms with Gasteiger partial charge >= 0.3 is 5.97 Å². The van der Waals surface area contributed by atoms with Crippen molar-refractivity contribution in [2.24, 2.45) is 56.7 Å². The first kappa shape index (κ1) is 38.6. The molecule has 0 heterocycles. The average Bonchev–Trinajstić information content (AvgIpc) is 3.55. The first-order valence-electron chi connectivity index (χ1n) is 20.4. The molecule has 0 aliphatic heterocycles. The molecule has 54 heavy (non-hydrogen) atoms. The van der Waals surface area contributed by atoms with E-state index in [9.17, 15) is 19.5 Å². The fourth-order valence-corrected chi connectivity index (χ4v) is 13.8. The predicted octanol–water partition coefficient (Wildman–Crippen LogP) is 8.94. The number of rotatable bonds is 7. The number of aliphatic hydroxyl groups is 1. The van der Waals surface area contributed by atoms with Crippen LogP contribution in [0, 0.1) is 56.7 Å². The highest BCUT2D eigenvalue weighted by atomic mass is 16.5. The smallest absolute Gasteiger partial charge is 0.337 e. The lowest BCUT2D eigenvalue weighted by Crippen LogP contribution is -2.67. The molecule has 292 valence electrons. The second-order valence-electron chi connectivity index (χ2n) is 19.3. The first-order valence-corrected chi connectivity index (χ1v) is 20.4. The van der Waals surface area contributed by atoms with Crippen molar-refractivity contribution in [3.8, 4) is 0 Å². The van der Waals surface area contributed by atoms with Gasteiger partial charge in [0.25, 0.3) is 5.91 Å². The molecule has 2 amide bonds. The zero-order chi connectivity index (χ0) is 39.0. The van der Waals surface area contributed by atoms with Crippen LogP contribution in [0.4, 0.5) is 11.4 Å². The van der Waals surface area contributed by atoms with Crippen molar-refractivity contribution < 1.29 is 24.2 Å². The second kappa shape index (κ2) is 13.5. The summed E-state index contributed by atoms with van der Waals surface area (Å²) in [6.45, 7) is 19.4. The number of hydrogen-bond donors (Lipinski definition) is 4. The molecule has 10 atom stereocenters. The molecule has 8 heteroatoms. The van der Waals surface area contributed by atoms with Crippen LogP contribution in [0.25, 0.3) is 0 Å². The highest BCUT2D eigenvalue weighted by Crippen LogP contribution is 2.77. The normalized spacial score (nSPS) is 37.8. The largest absolute Gasteiger partial charge is 0.465 e. The van der Waals surface area contributed by atoms with Crippen molar-refractivity contribution in [3.05, 3.63) is 71.3 Å². The first-order chi connectivity index (χ1) is 25.4. The Morgan fingerprint density at radius 1 is 0.870 bits per heavy atom. The van der Waals surface area contributed by atoms with E-state index in [1.54, 1.807) is 24.3 Å². The quantitative estimate of drug-likeness (QED) is 0.128. The summed E-state index contributed by atoms with van der Waals surface area (Å²) in [6, 6.07) is 11.9. The number of esters is 1. The summed E-state index contributed by atoms with van der Waals surface area (Å²) in [5.41, 5.74) is 9.56. The Morgan fingerprint density at radius 3 is 2.35 bits per heavy atom. The topological polar surface area (TPSA) is 131 Å². The number of hydrogen-bond acceptors (Lipinski definition) is 6. The Kier molecular flexibility index (Phi) is 9.67. The van der Waals surface area contributed by atoms with E-state index in [4.69, 9.17) is 10.5 Å². The predicted molar refractivity (Wildman–Crippen MR) is 213 cm³/mol. The van der Waals surface area contributed by atoms with E-state index in [1.165, 1.54) is 38.0 Å². The van der Waals surface area contributed by atoms with Crippen molar-refractivity contribution in [3.63, 3.8) is 0 Å². The number of anilines is 2. The number of benzene rings is 2. The molecule has 4 unspecified atom stereocenters. The van der Waals surface area contributed by atoms with Crippen LogP contribution in [-0.2, 0) is 16.1 Å². The Balaban J connectivity index is 1.10. The van der Waals surface area contributed by atoms with Crippen LogP contribution in [-0.4, -0.2) is 36.1 Å². The zero-order valence-electron chi connectivity index (χ0n) is 33.6. The van der Waals surface area contributed by atoms with Crippen molar-refractivity contribution in [2.45, 2.75) is 118 Å². The number of ether oxygens (including phenoxy) is 1. The van der Waals surface area contributed by atoms with Gasteiger partial charge in [0.2, 0.25) is 5.91 Å². The molecule has 5 saturated carbocycles. The van der Waals surface area contributed by atoms with E-state index in [0.29, 0.717) is 47.2 Å². The molecule has 7 rings (SSSR count). The monoisotopic (exact) mass is 737 g/mol. The number of amides is 2. The molecule has 0 radical (unpaired) electrons. The minimum atomic E-state index is -0.516. The van der Waals surface area contributed by atoms with E-state index < -0.39 is 11.4 Å². The molecular weight excluding hydrogens is 675 g/mol. The molecule has 0 bridgehead atoms. The summed E-state index contributed by atoms with van der Waals surface area (Å²) in [7, 11) is 1.30. The van der Waals surface area contributed by atoms with Crippen molar-refractivity contribution >= 4 is 29.2 Å². The van der Waals surface area contributed by atoms with Gasteiger partial charge in [0.1, 0.15) is 0 Å². The standard InChI is InChI=1S/C46H63N3O5/c1-27(2)31-16-21-46(41(53)48-26-28-10-9-11-29(24-28)39(51)49-34-25-30(40(52)54-8)12-14-33(34)47)23-22-44(6)32(38(31)46)13-15-36-43(5)19-18-37(50)42(3,4)35(43)17-20-45(36,44)7/h9-12,14,24-25,31-32,35-38,50H,1,13,15-23,26,47H2,2-8H3,(H,48,53)(H,49,51)/t31-,32?,35?,36?,37-,38?,43-,44+,45+,46-/m0/s1. The lowest BCUT2D eigenvalue weighted by Gasteiger charge is -2.72. The summed E-state index contributed by atoms with van der Waals surface area (Å²) in [4.78, 5) is 40.1. The molecule has 5 aliphatic rings. The van der Waals surface area contributed by atoms with Crippen LogP contribution in [0.1, 0.15) is 132 Å². The van der Waals surface area contributed by atoms with E-state index in [0.717, 1.165) is 50.5 Å². The van der Waals surface area contributed by atoms with Gasteiger partial charge in [0, 0.05) is 12.1 Å². The minimum absolute atomic E-state index is 0.0720. The zero-order valence-corrected chi connectivity index (χ0v) is 33.6. The maximum atomic E-state index is 14.7. The number of aliphatic hydroxyl groups excluding tert-OH is 1. The van der Waals surface area contributed by atoms with E-state index >= 15 is 0 Å². The number of fused-ring (bicyclic) bond motifs is 7. The number of carbonyl (C=O) groups excluding carboxylic acids is 3. The third-order valence-electron chi connectivity index (χ3n) is 16.9. The second-order valence-corrected chi connectivity index (χ2v) is 19.3. The highest BCUT2D eigenvalue weighted by Gasteiger charge is 2.71. The fourth-order valence-electron chi connectivity index (χ4n) is 13.8. The van der Waals surface area contributed by atoms with Crippen molar-refractivity contribution in [1.82, 2.24) is 5.32 Å². The van der Waals surface area contributed by atoms with Crippen molar-refractivity contribution in [1.29, 1.82) is 0 Å². The van der Waals surface area contributed by atoms with Gasteiger partial charge in [0.15, 0.2) is 0 Å². The van der Waals surface area contributed by atoms with Crippen LogP contribution in [0.3, 0.4) is 0 Å². The maximum Gasteiger partial charge on any atom is 0.337 e.